The lowest BCUT2D eigenvalue weighted by molar-refractivity contribution is 0.171. The van der Waals surface area contributed by atoms with E-state index in [1.54, 1.807) is 7.11 Å². The zero-order valence-corrected chi connectivity index (χ0v) is 9.49. The number of methoxy groups -OCH3 is 1. The fraction of sp³-hybridized carbons (Fsp3) is 0.500. The van der Waals surface area contributed by atoms with Gasteiger partial charge in [-0.05, 0) is 24.6 Å². The number of benzene rings is 1. The van der Waals surface area contributed by atoms with Crippen LogP contribution in [-0.4, -0.2) is 25.4 Å². The highest BCUT2D eigenvalue weighted by molar-refractivity contribution is 5.42. The van der Waals surface area contributed by atoms with Gasteiger partial charge in [0.05, 0.1) is 13.7 Å². The zero-order chi connectivity index (χ0) is 11.3. The van der Waals surface area contributed by atoms with Crippen molar-refractivity contribution in [1.29, 1.82) is 0 Å². The Bertz CT molecular complexity index is 310. The number of rotatable bonds is 5. The fourth-order valence-electron chi connectivity index (χ4n) is 1.18. The minimum atomic E-state index is 0.133. The maximum absolute atomic E-state index is 8.87. The van der Waals surface area contributed by atoms with Crippen molar-refractivity contribution in [2.45, 2.75) is 13.8 Å². The summed E-state index contributed by atoms with van der Waals surface area (Å²) in [7, 11) is 1.62. The number of aliphatic hydroxyl groups is 1. The summed E-state index contributed by atoms with van der Waals surface area (Å²) in [5, 5.41) is 8.87. The SMILES string of the molecule is COc1cc(C)ccc1OCC(C)CO. The van der Waals surface area contributed by atoms with Crippen molar-refractivity contribution >= 4 is 0 Å². The van der Waals surface area contributed by atoms with E-state index in [1.807, 2.05) is 32.0 Å². The first-order valence-electron chi connectivity index (χ1n) is 5.05. The molecule has 1 aromatic rings. The van der Waals surface area contributed by atoms with E-state index >= 15 is 0 Å². The topological polar surface area (TPSA) is 38.7 Å². The molecule has 0 saturated heterocycles. The lowest BCUT2D eigenvalue weighted by Crippen LogP contribution is -2.12. The summed E-state index contributed by atoms with van der Waals surface area (Å²) in [6, 6.07) is 5.79. The van der Waals surface area contributed by atoms with E-state index in [0.29, 0.717) is 6.61 Å². The van der Waals surface area contributed by atoms with Gasteiger partial charge in [-0.25, -0.2) is 0 Å². The Hall–Kier alpha value is -1.22. The fourth-order valence-corrected chi connectivity index (χ4v) is 1.18. The molecule has 0 fully saturated rings. The molecule has 1 atom stereocenters. The first kappa shape index (κ1) is 11.9. The first-order valence-corrected chi connectivity index (χ1v) is 5.05. The molecule has 0 bridgehead atoms. The Labute approximate surface area is 90.6 Å². The molecule has 1 rings (SSSR count). The predicted molar refractivity (Wildman–Crippen MR) is 59.5 cm³/mol. The van der Waals surface area contributed by atoms with Gasteiger partial charge in [-0.2, -0.15) is 0 Å². The van der Waals surface area contributed by atoms with E-state index < -0.39 is 0 Å². The molecule has 0 spiro atoms. The van der Waals surface area contributed by atoms with E-state index in [1.165, 1.54) is 0 Å². The van der Waals surface area contributed by atoms with Crippen LogP contribution in [-0.2, 0) is 0 Å². The Balaban J connectivity index is 2.67. The molecule has 3 heteroatoms. The molecule has 0 saturated carbocycles. The molecule has 0 aromatic heterocycles. The molecule has 3 nitrogen and oxygen atoms in total. The summed E-state index contributed by atoms with van der Waals surface area (Å²) in [6.07, 6.45) is 0. The Morgan fingerprint density at radius 3 is 2.67 bits per heavy atom. The van der Waals surface area contributed by atoms with Crippen LogP contribution in [0.25, 0.3) is 0 Å². The Morgan fingerprint density at radius 1 is 1.33 bits per heavy atom. The van der Waals surface area contributed by atoms with Crippen LogP contribution < -0.4 is 9.47 Å². The lowest BCUT2D eigenvalue weighted by atomic mass is 10.2. The van der Waals surface area contributed by atoms with E-state index in [0.717, 1.165) is 17.1 Å². The second-order valence-electron chi connectivity index (χ2n) is 3.75. The van der Waals surface area contributed by atoms with Crippen LogP contribution in [0.3, 0.4) is 0 Å². The predicted octanol–water partition coefficient (Wildman–Crippen LogP) is 2.01. The van der Waals surface area contributed by atoms with Crippen LogP contribution in [0.2, 0.25) is 0 Å². The monoisotopic (exact) mass is 210 g/mol. The highest BCUT2D eigenvalue weighted by atomic mass is 16.5. The molecule has 0 amide bonds. The summed E-state index contributed by atoms with van der Waals surface area (Å²) in [5.41, 5.74) is 1.13. The Kier molecular flexibility index (Phi) is 4.43. The molecule has 0 radical (unpaired) electrons. The first-order chi connectivity index (χ1) is 7.17. The van der Waals surface area contributed by atoms with Crippen molar-refractivity contribution in [3.63, 3.8) is 0 Å². The van der Waals surface area contributed by atoms with Gasteiger partial charge in [-0.15, -0.1) is 0 Å². The number of ether oxygens (including phenoxy) is 2. The second-order valence-corrected chi connectivity index (χ2v) is 3.75. The van der Waals surface area contributed by atoms with Crippen molar-refractivity contribution < 1.29 is 14.6 Å². The summed E-state index contributed by atoms with van der Waals surface area (Å²) in [4.78, 5) is 0. The van der Waals surface area contributed by atoms with Crippen molar-refractivity contribution in [2.75, 3.05) is 20.3 Å². The number of aryl methyl sites for hydroxylation is 1. The molecule has 84 valence electrons. The number of hydrogen-bond donors (Lipinski definition) is 1. The number of hydrogen-bond acceptors (Lipinski definition) is 3. The maximum Gasteiger partial charge on any atom is 0.161 e. The molecular formula is C12H18O3. The van der Waals surface area contributed by atoms with Gasteiger partial charge in [0.15, 0.2) is 11.5 Å². The van der Waals surface area contributed by atoms with Gasteiger partial charge in [-0.1, -0.05) is 13.0 Å². The van der Waals surface area contributed by atoms with Gasteiger partial charge >= 0.3 is 0 Å². The zero-order valence-electron chi connectivity index (χ0n) is 9.49. The molecule has 1 N–H and O–H groups in total. The van der Waals surface area contributed by atoms with E-state index in [-0.39, 0.29) is 12.5 Å². The van der Waals surface area contributed by atoms with Gasteiger partial charge < -0.3 is 14.6 Å². The molecule has 0 aliphatic carbocycles. The van der Waals surface area contributed by atoms with Gasteiger partial charge in [0.25, 0.3) is 0 Å². The van der Waals surface area contributed by atoms with Crippen molar-refractivity contribution in [2.24, 2.45) is 5.92 Å². The van der Waals surface area contributed by atoms with E-state index in [4.69, 9.17) is 14.6 Å². The average molecular weight is 210 g/mol. The normalized spacial score (nSPS) is 12.3. The maximum atomic E-state index is 8.87. The molecule has 0 aliphatic rings. The minimum absolute atomic E-state index is 0.133. The van der Waals surface area contributed by atoms with E-state index in [2.05, 4.69) is 0 Å². The molecule has 15 heavy (non-hydrogen) atoms. The standard InChI is InChI=1S/C12H18O3/c1-9-4-5-11(12(6-9)14-3)15-8-10(2)7-13/h4-6,10,13H,7-8H2,1-3H3. The third-order valence-electron chi connectivity index (χ3n) is 2.15. The molecule has 0 aliphatic heterocycles. The smallest absolute Gasteiger partial charge is 0.161 e. The third kappa shape index (κ3) is 3.44. The minimum Gasteiger partial charge on any atom is -0.493 e. The van der Waals surface area contributed by atoms with Crippen LogP contribution in [0, 0.1) is 12.8 Å². The summed E-state index contributed by atoms with van der Waals surface area (Å²) < 4.78 is 10.8. The van der Waals surface area contributed by atoms with Gasteiger partial charge in [0.2, 0.25) is 0 Å². The van der Waals surface area contributed by atoms with Crippen LogP contribution >= 0.6 is 0 Å². The van der Waals surface area contributed by atoms with Gasteiger partial charge in [0.1, 0.15) is 0 Å². The highest BCUT2D eigenvalue weighted by Gasteiger charge is 2.06. The quantitative estimate of drug-likeness (QED) is 0.808. The molecule has 1 unspecified atom stereocenters. The largest absolute Gasteiger partial charge is 0.493 e. The van der Waals surface area contributed by atoms with Gasteiger partial charge in [0, 0.05) is 12.5 Å². The summed E-state index contributed by atoms with van der Waals surface area (Å²) in [5.74, 6) is 1.60. The lowest BCUT2D eigenvalue weighted by Gasteiger charge is -2.13. The van der Waals surface area contributed by atoms with Crippen LogP contribution in [0.1, 0.15) is 12.5 Å². The third-order valence-corrected chi connectivity index (χ3v) is 2.15. The van der Waals surface area contributed by atoms with Crippen molar-refractivity contribution in [3.8, 4) is 11.5 Å². The summed E-state index contributed by atoms with van der Waals surface area (Å²) in [6.45, 7) is 4.56. The van der Waals surface area contributed by atoms with E-state index in [9.17, 15) is 0 Å². The second kappa shape index (κ2) is 5.61. The molecule has 0 heterocycles. The highest BCUT2D eigenvalue weighted by Crippen LogP contribution is 2.27. The molecule has 1 aromatic carbocycles. The number of aliphatic hydroxyl groups excluding tert-OH is 1. The summed E-state index contributed by atoms with van der Waals surface area (Å²) >= 11 is 0. The van der Waals surface area contributed by atoms with Crippen LogP contribution in [0.5, 0.6) is 11.5 Å². The van der Waals surface area contributed by atoms with Crippen LogP contribution in [0.15, 0.2) is 18.2 Å². The molecular weight excluding hydrogens is 192 g/mol. The van der Waals surface area contributed by atoms with Crippen molar-refractivity contribution in [3.05, 3.63) is 23.8 Å². The average Bonchev–Trinajstić information content (AvgIpc) is 2.26. The van der Waals surface area contributed by atoms with Gasteiger partial charge in [-0.3, -0.25) is 0 Å². The van der Waals surface area contributed by atoms with Crippen molar-refractivity contribution in [1.82, 2.24) is 0 Å². The Morgan fingerprint density at radius 2 is 2.07 bits per heavy atom. The van der Waals surface area contributed by atoms with Crippen LogP contribution in [0.4, 0.5) is 0 Å².